The van der Waals surface area contributed by atoms with Crippen LogP contribution in [-0.2, 0) is 0 Å². The summed E-state index contributed by atoms with van der Waals surface area (Å²) in [6, 6.07) is 17.9. The lowest BCUT2D eigenvalue weighted by Gasteiger charge is -2.14. The van der Waals surface area contributed by atoms with Crippen molar-refractivity contribution in [1.29, 1.82) is 0 Å². The van der Waals surface area contributed by atoms with E-state index in [0.717, 1.165) is 10.8 Å². The lowest BCUT2D eigenvalue weighted by Crippen LogP contribution is -1.95. The van der Waals surface area contributed by atoms with E-state index in [1.165, 1.54) is 0 Å². The van der Waals surface area contributed by atoms with Crippen LogP contribution in [0.1, 0.15) is 0 Å². The molecule has 0 aliphatic carbocycles. The van der Waals surface area contributed by atoms with Gasteiger partial charge in [0.1, 0.15) is 11.6 Å². The first kappa shape index (κ1) is 15.7. The van der Waals surface area contributed by atoms with Crippen molar-refractivity contribution in [2.24, 2.45) is 0 Å². The van der Waals surface area contributed by atoms with Gasteiger partial charge in [-0.3, -0.25) is 0 Å². The summed E-state index contributed by atoms with van der Waals surface area (Å²) in [4.78, 5) is 0. The summed E-state index contributed by atoms with van der Waals surface area (Å²) in [5.41, 5.74) is 0.452. The zero-order chi connectivity index (χ0) is 16.8. The van der Waals surface area contributed by atoms with Crippen LogP contribution in [0, 0.1) is 11.6 Å². The van der Waals surface area contributed by atoms with Gasteiger partial charge in [0.25, 0.3) is 0 Å². The fourth-order valence-electron chi connectivity index (χ4n) is 3.00. The van der Waals surface area contributed by atoms with Gasteiger partial charge in [-0.25, -0.2) is 8.78 Å². The Kier molecular flexibility index (Phi) is 3.89. The minimum Gasteiger partial charge on any atom is -0.206 e. The van der Waals surface area contributed by atoms with E-state index in [9.17, 15) is 0 Å². The van der Waals surface area contributed by atoms with E-state index in [1.807, 2.05) is 36.4 Å². The Balaban J connectivity index is 2.14. The molecule has 4 heteroatoms. The SMILES string of the molecule is Fc1c(-c2c(Br)cc3ccccc3c2F)c(Br)cc2ccccc12. The molecule has 0 heterocycles. The third-order valence-electron chi connectivity index (χ3n) is 4.13. The Morgan fingerprint density at radius 2 is 0.958 bits per heavy atom. The Labute approximate surface area is 154 Å². The van der Waals surface area contributed by atoms with Crippen molar-refractivity contribution >= 4 is 53.4 Å². The second kappa shape index (κ2) is 5.94. The molecule has 24 heavy (non-hydrogen) atoms. The summed E-state index contributed by atoms with van der Waals surface area (Å²) in [6.07, 6.45) is 0. The minimum absolute atomic E-state index is 0.226. The van der Waals surface area contributed by atoms with Crippen LogP contribution in [-0.4, -0.2) is 0 Å². The molecule has 0 bridgehead atoms. The lowest BCUT2D eigenvalue weighted by molar-refractivity contribution is 0.627. The molecule has 0 atom stereocenters. The molecule has 4 aromatic carbocycles. The zero-order valence-corrected chi connectivity index (χ0v) is 15.5. The van der Waals surface area contributed by atoms with Crippen LogP contribution in [0.25, 0.3) is 32.7 Å². The monoisotopic (exact) mass is 446 g/mol. The van der Waals surface area contributed by atoms with E-state index in [2.05, 4.69) is 31.9 Å². The molecular weight excluding hydrogens is 438 g/mol. The maximum absolute atomic E-state index is 15.2. The van der Waals surface area contributed by atoms with E-state index < -0.39 is 11.6 Å². The van der Waals surface area contributed by atoms with Crippen LogP contribution in [0.15, 0.2) is 69.6 Å². The van der Waals surface area contributed by atoms with Gasteiger partial charge < -0.3 is 0 Å². The fourth-order valence-corrected chi connectivity index (χ4v) is 4.24. The van der Waals surface area contributed by atoms with Gasteiger partial charge in [0.2, 0.25) is 0 Å². The maximum Gasteiger partial charge on any atom is 0.140 e. The van der Waals surface area contributed by atoms with E-state index >= 15 is 8.78 Å². The fraction of sp³-hybridized carbons (Fsp3) is 0. The predicted octanol–water partition coefficient (Wildman–Crippen LogP) is 7.46. The van der Waals surface area contributed by atoms with Gasteiger partial charge in [-0.05, 0) is 22.9 Å². The van der Waals surface area contributed by atoms with Gasteiger partial charge in [0.05, 0.1) is 0 Å². The van der Waals surface area contributed by atoms with Crippen molar-refractivity contribution in [2.75, 3.05) is 0 Å². The van der Waals surface area contributed by atoms with Crippen LogP contribution in [0.2, 0.25) is 0 Å². The quantitative estimate of drug-likeness (QED) is 0.284. The smallest absolute Gasteiger partial charge is 0.140 e. The second-order valence-electron chi connectivity index (χ2n) is 5.54. The van der Waals surface area contributed by atoms with Crippen molar-refractivity contribution in [3.8, 4) is 11.1 Å². The molecule has 0 amide bonds. The maximum atomic E-state index is 15.2. The van der Waals surface area contributed by atoms with E-state index in [4.69, 9.17) is 0 Å². The molecule has 0 radical (unpaired) electrons. The summed E-state index contributed by atoms with van der Waals surface area (Å²) in [6.45, 7) is 0. The van der Waals surface area contributed by atoms with Crippen molar-refractivity contribution in [3.05, 3.63) is 81.2 Å². The van der Waals surface area contributed by atoms with Crippen molar-refractivity contribution in [1.82, 2.24) is 0 Å². The summed E-state index contributed by atoms with van der Waals surface area (Å²) < 4.78 is 31.4. The first-order valence-corrected chi connectivity index (χ1v) is 8.90. The van der Waals surface area contributed by atoms with Crippen molar-refractivity contribution in [3.63, 3.8) is 0 Å². The highest BCUT2D eigenvalue weighted by Crippen LogP contribution is 2.42. The number of benzene rings is 4. The highest BCUT2D eigenvalue weighted by Gasteiger charge is 2.21. The van der Waals surface area contributed by atoms with Gasteiger partial charge in [0.15, 0.2) is 0 Å². The summed E-state index contributed by atoms with van der Waals surface area (Å²) in [5, 5.41) is 2.47. The molecule has 0 saturated carbocycles. The van der Waals surface area contributed by atoms with Crippen LogP contribution in [0.5, 0.6) is 0 Å². The number of fused-ring (bicyclic) bond motifs is 2. The summed E-state index contributed by atoms with van der Waals surface area (Å²) >= 11 is 6.82. The standard InChI is InChI=1S/C20H10Br2F2/c21-15-9-11-5-1-3-7-13(11)19(23)17(15)18-16(22)10-12-6-2-4-8-14(12)20(18)24/h1-10H. The second-order valence-corrected chi connectivity index (χ2v) is 7.25. The van der Waals surface area contributed by atoms with E-state index in [0.29, 0.717) is 19.7 Å². The molecule has 0 aliphatic heterocycles. The molecule has 0 saturated heterocycles. The van der Waals surface area contributed by atoms with Crippen LogP contribution < -0.4 is 0 Å². The van der Waals surface area contributed by atoms with E-state index in [1.54, 1.807) is 24.3 Å². The molecule has 0 nitrogen and oxygen atoms in total. The highest BCUT2D eigenvalue weighted by molar-refractivity contribution is 9.11. The van der Waals surface area contributed by atoms with Gasteiger partial charge in [-0.1, -0.05) is 80.4 Å². The minimum atomic E-state index is -0.435. The molecule has 118 valence electrons. The Bertz CT molecular complexity index is 1010. The molecule has 4 aromatic rings. The molecule has 0 aromatic heterocycles. The van der Waals surface area contributed by atoms with Gasteiger partial charge in [0, 0.05) is 30.8 Å². The first-order chi connectivity index (χ1) is 11.6. The average molecular weight is 448 g/mol. The van der Waals surface area contributed by atoms with Crippen molar-refractivity contribution < 1.29 is 8.78 Å². The predicted molar refractivity (Wildman–Crippen MR) is 102 cm³/mol. The normalized spacial score (nSPS) is 11.3. The van der Waals surface area contributed by atoms with Crippen LogP contribution in [0.3, 0.4) is 0 Å². The first-order valence-electron chi connectivity index (χ1n) is 7.32. The largest absolute Gasteiger partial charge is 0.206 e. The number of hydrogen-bond donors (Lipinski definition) is 0. The Morgan fingerprint density at radius 3 is 1.38 bits per heavy atom. The molecule has 0 fully saturated rings. The van der Waals surface area contributed by atoms with Gasteiger partial charge >= 0.3 is 0 Å². The number of halogens is 4. The Morgan fingerprint density at radius 1 is 0.583 bits per heavy atom. The zero-order valence-electron chi connectivity index (χ0n) is 12.3. The molecular formula is C20H10Br2F2. The third-order valence-corrected chi connectivity index (χ3v) is 5.38. The molecule has 4 rings (SSSR count). The topological polar surface area (TPSA) is 0 Å². The van der Waals surface area contributed by atoms with Gasteiger partial charge in [-0.15, -0.1) is 0 Å². The lowest BCUT2D eigenvalue weighted by atomic mass is 9.97. The van der Waals surface area contributed by atoms with Crippen LogP contribution in [0.4, 0.5) is 8.78 Å². The van der Waals surface area contributed by atoms with Crippen molar-refractivity contribution in [2.45, 2.75) is 0 Å². The highest BCUT2D eigenvalue weighted by atomic mass is 79.9. The molecule has 0 aliphatic rings. The summed E-state index contributed by atoms with van der Waals surface area (Å²) in [7, 11) is 0. The Hall–Kier alpha value is -1.78. The summed E-state index contributed by atoms with van der Waals surface area (Å²) in [5.74, 6) is -0.871. The number of hydrogen-bond acceptors (Lipinski definition) is 0. The third kappa shape index (κ3) is 2.36. The number of rotatable bonds is 1. The van der Waals surface area contributed by atoms with Gasteiger partial charge in [-0.2, -0.15) is 0 Å². The molecule has 0 spiro atoms. The molecule has 0 N–H and O–H groups in total. The molecule has 0 unspecified atom stereocenters. The average Bonchev–Trinajstić information content (AvgIpc) is 2.57. The van der Waals surface area contributed by atoms with Crippen LogP contribution >= 0.6 is 31.9 Å². The van der Waals surface area contributed by atoms with E-state index in [-0.39, 0.29) is 11.1 Å².